The number of halogens is 1. The largest absolute Gasteiger partial charge is 0.298 e. The molecule has 0 aliphatic rings. The van der Waals surface area contributed by atoms with Gasteiger partial charge in [-0.1, -0.05) is 29.4 Å². The van der Waals surface area contributed by atoms with Gasteiger partial charge >= 0.3 is 0 Å². The number of hydrogen-bond donors (Lipinski definition) is 0. The van der Waals surface area contributed by atoms with Gasteiger partial charge in [-0.3, -0.25) is 19.5 Å². The fourth-order valence-electron chi connectivity index (χ4n) is 2.48. The molecule has 0 aliphatic heterocycles. The van der Waals surface area contributed by atoms with Crippen molar-refractivity contribution in [1.29, 1.82) is 0 Å². The van der Waals surface area contributed by atoms with Crippen molar-refractivity contribution >= 4 is 34.8 Å². The fraction of sp³-hybridized carbons (Fsp3) is 0.105. The molecule has 1 aromatic heterocycles. The number of benzene rings is 2. The van der Waals surface area contributed by atoms with Gasteiger partial charge < -0.3 is 0 Å². The average Bonchev–Trinajstić information content (AvgIpc) is 3.09. The molecular formula is C19H15ClN4O3S. The van der Waals surface area contributed by atoms with E-state index in [4.69, 9.17) is 11.6 Å². The summed E-state index contributed by atoms with van der Waals surface area (Å²) in [7, 11) is 0. The van der Waals surface area contributed by atoms with E-state index >= 15 is 0 Å². The first-order chi connectivity index (χ1) is 13.5. The first-order valence-corrected chi connectivity index (χ1v) is 9.56. The molecule has 0 bridgehead atoms. The Morgan fingerprint density at radius 2 is 1.86 bits per heavy atom. The number of aromatic nitrogens is 3. The molecule has 9 heteroatoms. The number of hydrogen-bond acceptors (Lipinski definition) is 6. The van der Waals surface area contributed by atoms with Crippen LogP contribution in [0.2, 0.25) is 5.02 Å². The average molecular weight is 415 g/mol. The zero-order valence-electron chi connectivity index (χ0n) is 14.6. The Morgan fingerprint density at radius 1 is 1.18 bits per heavy atom. The van der Waals surface area contributed by atoms with Crippen LogP contribution in [0.25, 0.3) is 11.4 Å². The number of nitro benzene ring substituents is 1. The van der Waals surface area contributed by atoms with Crippen LogP contribution in [0.5, 0.6) is 0 Å². The molecule has 0 spiro atoms. The predicted octanol–water partition coefficient (Wildman–Crippen LogP) is 4.67. The second-order valence-corrected chi connectivity index (χ2v) is 7.11. The van der Waals surface area contributed by atoms with Gasteiger partial charge in [0, 0.05) is 34.8 Å². The minimum absolute atomic E-state index is 0.00157. The van der Waals surface area contributed by atoms with Crippen LogP contribution in [0.4, 0.5) is 5.69 Å². The molecule has 142 valence electrons. The van der Waals surface area contributed by atoms with Crippen LogP contribution >= 0.6 is 23.4 Å². The number of ketones is 1. The lowest BCUT2D eigenvalue weighted by Gasteiger charge is -2.07. The van der Waals surface area contributed by atoms with Gasteiger partial charge in [0.15, 0.2) is 16.8 Å². The van der Waals surface area contributed by atoms with Crippen molar-refractivity contribution in [1.82, 2.24) is 14.8 Å². The van der Waals surface area contributed by atoms with E-state index in [0.717, 1.165) is 0 Å². The van der Waals surface area contributed by atoms with Gasteiger partial charge in [-0.05, 0) is 36.4 Å². The normalized spacial score (nSPS) is 10.6. The zero-order chi connectivity index (χ0) is 20.1. The molecule has 0 amide bonds. The monoisotopic (exact) mass is 414 g/mol. The highest BCUT2D eigenvalue weighted by Gasteiger charge is 2.16. The third-order valence-electron chi connectivity index (χ3n) is 3.86. The number of carbonyl (C=O) groups is 1. The summed E-state index contributed by atoms with van der Waals surface area (Å²) in [6, 6.07) is 12.8. The summed E-state index contributed by atoms with van der Waals surface area (Å²) in [5.74, 6) is 0.694. The summed E-state index contributed by atoms with van der Waals surface area (Å²) in [5, 5.41) is 20.3. The molecule has 2 aromatic carbocycles. The summed E-state index contributed by atoms with van der Waals surface area (Å²) in [4.78, 5) is 22.7. The fourth-order valence-corrected chi connectivity index (χ4v) is 3.45. The van der Waals surface area contributed by atoms with Crippen molar-refractivity contribution in [3.8, 4) is 11.4 Å². The summed E-state index contributed by atoms with van der Waals surface area (Å²) < 4.78 is 1.81. The first-order valence-electron chi connectivity index (χ1n) is 8.20. The third-order valence-corrected chi connectivity index (χ3v) is 5.08. The highest BCUT2D eigenvalue weighted by atomic mass is 35.5. The molecule has 1 heterocycles. The van der Waals surface area contributed by atoms with E-state index < -0.39 is 4.92 Å². The van der Waals surface area contributed by atoms with Gasteiger partial charge in [0.1, 0.15) is 0 Å². The molecule has 3 rings (SSSR count). The predicted molar refractivity (Wildman–Crippen MR) is 109 cm³/mol. The standard InChI is InChI=1S/C19H15ClN4O3S/c1-2-11-23-18(14-5-9-16(10-6-14)24(26)27)21-22-19(23)28-12-17(25)13-3-7-15(20)8-4-13/h2-10H,1,11-12H2. The van der Waals surface area contributed by atoms with Gasteiger partial charge in [0.25, 0.3) is 5.69 Å². The minimum Gasteiger partial charge on any atom is -0.298 e. The highest BCUT2D eigenvalue weighted by molar-refractivity contribution is 7.99. The maximum absolute atomic E-state index is 12.4. The van der Waals surface area contributed by atoms with Crippen LogP contribution in [0.3, 0.4) is 0 Å². The number of nitrogens with zero attached hydrogens (tertiary/aromatic N) is 4. The molecule has 0 unspecified atom stereocenters. The van der Waals surface area contributed by atoms with Gasteiger partial charge in [0.2, 0.25) is 0 Å². The third kappa shape index (κ3) is 4.47. The zero-order valence-corrected chi connectivity index (χ0v) is 16.2. The summed E-state index contributed by atoms with van der Waals surface area (Å²) >= 11 is 7.12. The number of rotatable bonds is 8. The summed E-state index contributed by atoms with van der Waals surface area (Å²) in [5.41, 5.74) is 1.26. The SMILES string of the molecule is C=CCn1c(SCC(=O)c2ccc(Cl)cc2)nnc1-c1ccc([N+](=O)[O-])cc1. The van der Waals surface area contributed by atoms with Crippen molar-refractivity contribution in [3.63, 3.8) is 0 Å². The summed E-state index contributed by atoms with van der Waals surface area (Å²) in [6.07, 6.45) is 1.70. The van der Waals surface area contributed by atoms with Gasteiger partial charge in [0.05, 0.1) is 10.7 Å². The minimum atomic E-state index is -0.456. The van der Waals surface area contributed by atoms with Crippen LogP contribution in [0, 0.1) is 10.1 Å². The van der Waals surface area contributed by atoms with Crippen LogP contribution in [-0.4, -0.2) is 31.2 Å². The Morgan fingerprint density at radius 3 is 2.46 bits per heavy atom. The lowest BCUT2D eigenvalue weighted by molar-refractivity contribution is -0.384. The van der Waals surface area contributed by atoms with E-state index in [9.17, 15) is 14.9 Å². The second-order valence-electron chi connectivity index (χ2n) is 5.73. The Hall–Kier alpha value is -2.97. The number of allylic oxidation sites excluding steroid dienone is 1. The van der Waals surface area contributed by atoms with Crippen molar-refractivity contribution < 1.29 is 9.72 Å². The van der Waals surface area contributed by atoms with Crippen LogP contribution in [0.15, 0.2) is 66.3 Å². The molecule has 3 aromatic rings. The number of non-ortho nitro benzene ring substituents is 1. The van der Waals surface area contributed by atoms with Crippen molar-refractivity contribution in [3.05, 3.63) is 81.9 Å². The molecule has 0 fully saturated rings. The van der Waals surface area contributed by atoms with E-state index in [1.807, 2.05) is 4.57 Å². The Labute approximate surface area is 170 Å². The first kappa shape index (κ1) is 19.8. The lowest BCUT2D eigenvalue weighted by atomic mass is 10.1. The van der Waals surface area contributed by atoms with Gasteiger partial charge in [-0.2, -0.15) is 0 Å². The van der Waals surface area contributed by atoms with Crippen molar-refractivity contribution in [2.45, 2.75) is 11.7 Å². The Balaban J connectivity index is 1.80. The number of thioether (sulfide) groups is 1. The molecule has 0 saturated carbocycles. The molecule has 28 heavy (non-hydrogen) atoms. The van der Waals surface area contributed by atoms with E-state index in [2.05, 4.69) is 16.8 Å². The van der Waals surface area contributed by atoms with Gasteiger partial charge in [-0.25, -0.2) is 0 Å². The summed E-state index contributed by atoms with van der Waals surface area (Å²) in [6.45, 7) is 4.19. The maximum atomic E-state index is 12.4. The molecule has 7 nitrogen and oxygen atoms in total. The maximum Gasteiger partial charge on any atom is 0.269 e. The molecule has 0 saturated heterocycles. The lowest BCUT2D eigenvalue weighted by Crippen LogP contribution is -2.05. The smallest absolute Gasteiger partial charge is 0.269 e. The van der Waals surface area contributed by atoms with Crippen molar-refractivity contribution in [2.24, 2.45) is 0 Å². The number of Topliss-reactive ketones (excluding diaryl/α,β-unsaturated/α-hetero) is 1. The molecule has 0 N–H and O–H groups in total. The topological polar surface area (TPSA) is 90.9 Å². The van der Waals surface area contributed by atoms with Crippen molar-refractivity contribution in [2.75, 3.05) is 5.75 Å². The number of nitro groups is 1. The molecule has 0 aliphatic carbocycles. The molecular weight excluding hydrogens is 400 g/mol. The quantitative estimate of drug-likeness (QED) is 0.175. The highest BCUT2D eigenvalue weighted by Crippen LogP contribution is 2.26. The number of carbonyl (C=O) groups excluding carboxylic acids is 1. The Kier molecular flexibility index (Phi) is 6.23. The molecule has 0 radical (unpaired) electrons. The van der Waals surface area contributed by atoms with E-state index in [1.54, 1.807) is 42.5 Å². The van der Waals surface area contributed by atoms with E-state index in [1.165, 1.54) is 23.9 Å². The van der Waals surface area contributed by atoms with E-state index in [-0.39, 0.29) is 17.2 Å². The van der Waals surface area contributed by atoms with Gasteiger partial charge in [-0.15, -0.1) is 16.8 Å². The van der Waals surface area contributed by atoms with Crippen LogP contribution in [-0.2, 0) is 6.54 Å². The second kappa shape index (κ2) is 8.81. The van der Waals surface area contributed by atoms with E-state index in [0.29, 0.717) is 33.7 Å². The molecule has 0 atom stereocenters. The Bertz CT molecular complexity index is 1020. The van der Waals surface area contributed by atoms with Crippen LogP contribution < -0.4 is 0 Å². The van der Waals surface area contributed by atoms with Crippen LogP contribution in [0.1, 0.15) is 10.4 Å².